The van der Waals surface area contributed by atoms with Gasteiger partial charge in [0.15, 0.2) is 5.82 Å². The molecule has 0 atom stereocenters. The molecule has 1 saturated carbocycles. The normalized spacial score (nSPS) is 22.3. The fraction of sp³-hybridized carbons (Fsp3) is 0.818. The van der Waals surface area contributed by atoms with Crippen LogP contribution in [0.4, 0.5) is 13.2 Å². The Bertz CT molecular complexity index is 416. The van der Waals surface area contributed by atoms with E-state index < -0.39 is 12.1 Å². The number of tetrazole rings is 1. The Morgan fingerprint density at radius 2 is 1.81 bits per heavy atom. The number of carbonyl (C=O) groups is 1. The molecule has 0 spiro atoms. The van der Waals surface area contributed by atoms with Gasteiger partial charge in [0.1, 0.15) is 0 Å². The Kier molecular flexibility index (Phi) is 6.53. The van der Waals surface area contributed by atoms with Gasteiger partial charge in [-0.15, -0.1) is 10.2 Å². The van der Waals surface area contributed by atoms with Gasteiger partial charge in [0.25, 0.3) is 0 Å². The largest absolute Gasteiger partial charge is 0.490 e. The summed E-state index contributed by atoms with van der Waals surface area (Å²) in [5.74, 6) is -0.430. The summed E-state index contributed by atoms with van der Waals surface area (Å²) in [6.45, 7) is 0.842. The lowest BCUT2D eigenvalue weighted by atomic mass is 9.80. The second-order valence-corrected chi connectivity index (χ2v) is 4.96. The number of H-pyrrole nitrogens is 1. The van der Waals surface area contributed by atoms with E-state index in [0.717, 1.165) is 30.6 Å². The van der Waals surface area contributed by atoms with Crippen molar-refractivity contribution in [1.29, 1.82) is 0 Å². The van der Waals surface area contributed by atoms with Crippen molar-refractivity contribution in [2.75, 3.05) is 6.54 Å². The highest BCUT2D eigenvalue weighted by Gasteiger charge is 2.38. The van der Waals surface area contributed by atoms with Gasteiger partial charge in [-0.2, -0.15) is 18.4 Å². The van der Waals surface area contributed by atoms with Crippen molar-refractivity contribution < 1.29 is 23.1 Å². The third-order valence-electron chi connectivity index (χ3n) is 3.40. The molecule has 0 radical (unpaired) electrons. The maximum Gasteiger partial charge on any atom is 0.490 e. The lowest BCUT2D eigenvalue weighted by Gasteiger charge is -2.26. The van der Waals surface area contributed by atoms with Crippen molar-refractivity contribution in [1.82, 2.24) is 20.6 Å². The number of carboxylic acids is 1. The van der Waals surface area contributed by atoms with Crippen molar-refractivity contribution in [2.24, 2.45) is 17.6 Å². The minimum Gasteiger partial charge on any atom is -0.475 e. The smallest absolute Gasteiger partial charge is 0.475 e. The Morgan fingerprint density at radius 1 is 1.29 bits per heavy atom. The summed E-state index contributed by atoms with van der Waals surface area (Å²) in [5.41, 5.74) is 5.65. The Labute approximate surface area is 119 Å². The van der Waals surface area contributed by atoms with E-state index in [2.05, 4.69) is 20.6 Å². The molecule has 0 bridgehead atoms. The predicted octanol–water partition coefficient (Wildman–Crippen LogP) is 1.14. The van der Waals surface area contributed by atoms with Gasteiger partial charge in [-0.3, -0.25) is 0 Å². The van der Waals surface area contributed by atoms with E-state index in [1.807, 2.05) is 0 Å². The van der Waals surface area contributed by atoms with Crippen LogP contribution in [0.3, 0.4) is 0 Å². The van der Waals surface area contributed by atoms with Gasteiger partial charge in [0, 0.05) is 6.42 Å². The zero-order valence-electron chi connectivity index (χ0n) is 11.3. The summed E-state index contributed by atoms with van der Waals surface area (Å²) in [7, 11) is 0. The number of hydrogen-bond acceptors (Lipinski definition) is 5. The highest BCUT2D eigenvalue weighted by Crippen LogP contribution is 2.29. The van der Waals surface area contributed by atoms with E-state index in [0.29, 0.717) is 0 Å². The quantitative estimate of drug-likeness (QED) is 0.770. The van der Waals surface area contributed by atoms with Crippen LogP contribution in [0.25, 0.3) is 0 Å². The van der Waals surface area contributed by atoms with E-state index in [1.54, 1.807) is 0 Å². The third-order valence-corrected chi connectivity index (χ3v) is 3.40. The van der Waals surface area contributed by atoms with Crippen molar-refractivity contribution in [3.63, 3.8) is 0 Å². The molecule has 0 aromatic carbocycles. The first kappa shape index (κ1) is 17.3. The molecule has 21 heavy (non-hydrogen) atoms. The first-order valence-electron chi connectivity index (χ1n) is 6.55. The molecule has 0 aliphatic heterocycles. The lowest BCUT2D eigenvalue weighted by molar-refractivity contribution is -0.192. The molecule has 120 valence electrons. The van der Waals surface area contributed by atoms with Crippen LogP contribution in [0.5, 0.6) is 0 Å². The van der Waals surface area contributed by atoms with E-state index >= 15 is 0 Å². The molecule has 1 fully saturated rings. The van der Waals surface area contributed by atoms with Crippen LogP contribution in [-0.2, 0) is 11.2 Å². The maximum atomic E-state index is 10.6. The van der Waals surface area contributed by atoms with Gasteiger partial charge in [0.2, 0.25) is 0 Å². The molecule has 1 heterocycles. The van der Waals surface area contributed by atoms with Crippen LogP contribution in [0.2, 0.25) is 0 Å². The van der Waals surface area contributed by atoms with Crippen molar-refractivity contribution in [3.05, 3.63) is 5.82 Å². The number of rotatable bonds is 3. The van der Waals surface area contributed by atoms with E-state index in [-0.39, 0.29) is 0 Å². The molecule has 4 N–H and O–H groups in total. The number of nitrogens with zero attached hydrogens (tertiary/aromatic N) is 3. The minimum atomic E-state index is -5.08. The fourth-order valence-electron chi connectivity index (χ4n) is 2.20. The van der Waals surface area contributed by atoms with Gasteiger partial charge in [-0.05, 0) is 44.1 Å². The van der Waals surface area contributed by atoms with Gasteiger partial charge in [-0.1, -0.05) is 5.21 Å². The average Bonchev–Trinajstić information content (AvgIpc) is 2.92. The van der Waals surface area contributed by atoms with Gasteiger partial charge in [-0.25, -0.2) is 4.79 Å². The third kappa shape index (κ3) is 6.52. The minimum absolute atomic E-state index is 0.732. The summed E-state index contributed by atoms with van der Waals surface area (Å²) >= 11 is 0. The average molecular weight is 309 g/mol. The number of aliphatic carboxylic acids is 1. The molecule has 0 unspecified atom stereocenters. The van der Waals surface area contributed by atoms with Crippen LogP contribution < -0.4 is 5.73 Å². The number of carboxylic acid groups (broad SMARTS) is 1. The lowest BCUT2D eigenvalue weighted by Crippen LogP contribution is -2.22. The first-order valence-corrected chi connectivity index (χ1v) is 6.55. The fourth-order valence-corrected chi connectivity index (χ4v) is 2.20. The molecule has 1 aromatic heterocycles. The number of alkyl halides is 3. The molecule has 0 saturated heterocycles. The molecule has 1 aromatic rings. The predicted molar refractivity (Wildman–Crippen MR) is 66.1 cm³/mol. The van der Waals surface area contributed by atoms with Crippen molar-refractivity contribution in [2.45, 2.75) is 38.3 Å². The molecule has 10 heteroatoms. The summed E-state index contributed by atoms with van der Waals surface area (Å²) in [6, 6.07) is 0. The van der Waals surface area contributed by atoms with E-state index in [9.17, 15) is 13.2 Å². The Hall–Kier alpha value is -1.71. The van der Waals surface area contributed by atoms with E-state index in [4.69, 9.17) is 15.6 Å². The number of halogens is 3. The number of nitrogens with two attached hydrogens (primary N) is 1. The summed E-state index contributed by atoms with van der Waals surface area (Å²) in [5, 5.41) is 21.1. The molecule has 0 amide bonds. The molecule has 1 aliphatic rings. The van der Waals surface area contributed by atoms with Crippen LogP contribution in [-0.4, -0.2) is 44.4 Å². The second-order valence-electron chi connectivity index (χ2n) is 4.96. The van der Waals surface area contributed by atoms with Gasteiger partial charge >= 0.3 is 12.1 Å². The zero-order valence-corrected chi connectivity index (χ0v) is 11.3. The first-order chi connectivity index (χ1) is 9.82. The van der Waals surface area contributed by atoms with Gasteiger partial charge in [0.05, 0.1) is 0 Å². The molecule has 7 nitrogen and oxygen atoms in total. The Balaban J connectivity index is 0.000000270. The van der Waals surface area contributed by atoms with Crippen molar-refractivity contribution >= 4 is 5.97 Å². The van der Waals surface area contributed by atoms with Crippen LogP contribution in [0.1, 0.15) is 31.5 Å². The number of aromatic nitrogens is 4. The monoisotopic (exact) mass is 309 g/mol. The molecular weight excluding hydrogens is 291 g/mol. The maximum absolute atomic E-state index is 10.6. The summed E-state index contributed by atoms with van der Waals surface area (Å²) in [4.78, 5) is 8.90. The van der Waals surface area contributed by atoms with Crippen molar-refractivity contribution in [3.8, 4) is 0 Å². The van der Waals surface area contributed by atoms with Crippen LogP contribution >= 0.6 is 0 Å². The molecule has 2 rings (SSSR count). The highest BCUT2D eigenvalue weighted by molar-refractivity contribution is 5.73. The second kappa shape index (κ2) is 7.91. The SMILES string of the molecule is NCC1CCC(Cc2nn[nH]n2)CC1.O=C(O)C(F)(F)F. The Morgan fingerprint density at radius 3 is 2.19 bits per heavy atom. The number of nitrogens with one attached hydrogen (secondary N) is 1. The topological polar surface area (TPSA) is 118 Å². The highest BCUT2D eigenvalue weighted by atomic mass is 19.4. The number of aromatic amines is 1. The molecular formula is C11H18F3N5O2. The van der Waals surface area contributed by atoms with Crippen LogP contribution in [0.15, 0.2) is 0 Å². The summed E-state index contributed by atoms with van der Waals surface area (Å²) < 4.78 is 31.7. The summed E-state index contributed by atoms with van der Waals surface area (Å²) in [6.07, 6.45) is 0.929. The standard InChI is InChI=1S/C9H17N5.C2HF3O2/c10-6-8-3-1-7(2-4-8)5-9-11-13-14-12-9;3-2(4,5)1(6)7/h7-8H,1-6,10H2,(H,11,12,13,14);(H,6,7). The van der Waals surface area contributed by atoms with Gasteiger partial charge < -0.3 is 10.8 Å². The number of hydrogen-bond donors (Lipinski definition) is 3. The molecule has 1 aliphatic carbocycles. The van der Waals surface area contributed by atoms with Crippen LogP contribution in [0, 0.1) is 11.8 Å². The zero-order chi connectivity index (χ0) is 15.9. The van der Waals surface area contributed by atoms with E-state index in [1.165, 1.54) is 25.7 Å².